The molecule has 3 N–H and O–H groups in total. The molecule has 0 bridgehead atoms. The second-order valence-electron chi connectivity index (χ2n) is 3.78. The molecule has 6 nitrogen and oxygen atoms in total. The summed E-state index contributed by atoms with van der Waals surface area (Å²) in [5.74, 6) is -0.0133. The van der Waals surface area contributed by atoms with E-state index in [0.717, 1.165) is 0 Å². The zero-order chi connectivity index (χ0) is 12.4. The zero-order valence-electron chi connectivity index (χ0n) is 9.65. The minimum absolute atomic E-state index is 0.127. The number of rotatable bonds is 4. The first-order valence-corrected chi connectivity index (χ1v) is 5.18. The lowest BCUT2D eigenvalue weighted by molar-refractivity contribution is 0.0926. The summed E-state index contributed by atoms with van der Waals surface area (Å²) in [5, 5.41) is 0. The number of nitrogen functional groups attached to an aromatic ring is 1. The van der Waals surface area contributed by atoms with Gasteiger partial charge in [0.1, 0.15) is 11.9 Å². The van der Waals surface area contributed by atoms with E-state index in [4.69, 9.17) is 19.6 Å². The van der Waals surface area contributed by atoms with Gasteiger partial charge in [0.25, 0.3) is 0 Å². The molecule has 1 atom stereocenters. The number of hydrogen-bond acceptors (Lipinski definition) is 5. The Morgan fingerprint density at radius 1 is 1.53 bits per heavy atom. The molecule has 17 heavy (non-hydrogen) atoms. The topological polar surface area (TPSA) is 90.5 Å². The predicted molar refractivity (Wildman–Crippen MR) is 63.2 cm³/mol. The summed E-state index contributed by atoms with van der Waals surface area (Å²) in [5.41, 5.74) is 7.19. The van der Waals surface area contributed by atoms with Crippen LogP contribution in [0.3, 0.4) is 0 Å². The fraction of sp³-hybridized carbons (Fsp3) is 0.364. The van der Waals surface area contributed by atoms with Gasteiger partial charge >= 0.3 is 5.76 Å². The standard InChI is InChI=1S/C11H14N2O4/c1-6(5-15-2)16-9-4-8-10(3-7(9)12)17-11(14)13-8/h3-4,6H,5,12H2,1-2H3,(H,13,14). The predicted octanol–water partition coefficient (Wildman–Crippen LogP) is 1.12. The molecule has 0 amide bonds. The smallest absolute Gasteiger partial charge is 0.417 e. The van der Waals surface area contributed by atoms with E-state index in [1.807, 2.05) is 6.92 Å². The molecule has 0 spiro atoms. The van der Waals surface area contributed by atoms with Crippen LogP contribution in [0.1, 0.15) is 6.92 Å². The second kappa shape index (κ2) is 4.50. The highest BCUT2D eigenvalue weighted by atomic mass is 16.5. The van der Waals surface area contributed by atoms with Crippen molar-refractivity contribution in [1.29, 1.82) is 0 Å². The molecule has 0 saturated heterocycles. The molecular formula is C11H14N2O4. The summed E-state index contributed by atoms with van der Waals surface area (Å²) < 4.78 is 15.4. The monoisotopic (exact) mass is 238 g/mol. The number of aromatic amines is 1. The van der Waals surface area contributed by atoms with Crippen LogP contribution in [0.5, 0.6) is 5.75 Å². The summed E-state index contributed by atoms with van der Waals surface area (Å²) in [7, 11) is 1.60. The Balaban J connectivity index is 2.33. The number of methoxy groups -OCH3 is 1. The third kappa shape index (κ3) is 2.42. The maximum Gasteiger partial charge on any atom is 0.417 e. The van der Waals surface area contributed by atoms with E-state index in [0.29, 0.717) is 29.1 Å². The molecule has 2 aromatic rings. The van der Waals surface area contributed by atoms with Crippen molar-refractivity contribution in [2.24, 2.45) is 0 Å². The van der Waals surface area contributed by atoms with Crippen LogP contribution in [0.4, 0.5) is 5.69 Å². The van der Waals surface area contributed by atoms with Crippen LogP contribution in [-0.4, -0.2) is 24.8 Å². The van der Waals surface area contributed by atoms with Crippen molar-refractivity contribution in [3.8, 4) is 5.75 Å². The lowest BCUT2D eigenvalue weighted by Crippen LogP contribution is -2.18. The maximum absolute atomic E-state index is 11.0. The lowest BCUT2D eigenvalue weighted by Gasteiger charge is -2.15. The number of aromatic nitrogens is 1. The highest BCUT2D eigenvalue weighted by molar-refractivity contribution is 5.80. The van der Waals surface area contributed by atoms with E-state index in [1.54, 1.807) is 19.2 Å². The number of oxazole rings is 1. The first kappa shape index (κ1) is 11.5. The van der Waals surface area contributed by atoms with E-state index in [2.05, 4.69) is 4.98 Å². The Kier molecular flexibility index (Phi) is 3.06. The fourth-order valence-electron chi connectivity index (χ4n) is 1.58. The molecule has 0 fully saturated rings. The van der Waals surface area contributed by atoms with Gasteiger partial charge in [0, 0.05) is 19.2 Å². The quantitative estimate of drug-likeness (QED) is 0.779. The Morgan fingerprint density at radius 3 is 3.00 bits per heavy atom. The van der Waals surface area contributed by atoms with Crippen LogP contribution in [0.25, 0.3) is 11.1 Å². The third-order valence-corrected chi connectivity index (χ3v) is 2.28. The number of H-pyrrole nitrogens is 1. The van der Waals surface area contributed by atoms with Gasteiger partial charge in [-0.05, 0) is 6.92 Å². The number of hydrogen-bond donors (Lipinski definition) is 2. The number of fused-ring (bicyclic) bond motifs is 1. The number of nitrogens with one attached hydrogen (secondary N) is 1. The van der Waals surface area contributed by atoms with Crippen LogP contribution < -0.4 is 16.2 Å². The van der Waals surface area contributed by atoms with E-state index in [-0.39, 0.29) is 6.10 Å². The van der Waals surface area contributed by atoms with E-state index >= 15 is 0 Å². The normalized spacial score (nSPS) is 12.8. The minimum atomic E-state index is -0.513. The third-order valence-electron chi connectivity index (χ3n) is 2.28. The average molecular weight is 238 g/mol. The molecule has 0 radical (unpaired) electrons. The van der Waals surface area contributed by atoms with Gasteiger partial charge in [-0.1, -0.05) is 0 Å². The minimum Gasteiger partial charge on any atom is -0.486 e. The van der Waals surface area contributed by atoms with Gasteiger partial charge in [-0.15, -0.1) is 0 Å². The summed E-state index contributed by atoms with van der Waals surface area (Å²) in [6, 6.07) is 3.20. The SMILES string of the molecule is COCC(C)Oc1cc2[nH]c(=O)oc2cc1N. The molecule has 1 unspecified atom stereocenters. The molecule has 0 aliphatic carbocycles. The number of ether oxygens (including phenoxy) is 2. The van der Waals surface area contributed by atoms with Gasteiger partial charge in [-0.25, -0.2) is 4.79 Å². The van der Waals surface area contributed by atoms with Crippen molar-refractivity contribution in [2.45, 2.75) is 13.0 Å². The molecule has 1 aromatic carbocycles. The molecule has 0 aliphatic heterocycles. The van der Waals surface area contributed by atoms with Crippen molar-refractivity contribution in [2.75, 3.05) is 19.5 Å². The molecule has 2 rings (SSSR count). The summed E-state index contributed by atoms with van der Waals surface area (Å²) in [6.07, 6.45) is -0.127. The molecule has 6 heteroatoms. The van der Waals surface area contributed by atoms with E-state index < -0.39 is 5.76 Å². The van der Waals surface area contributed by atoms with Crippen molar-refractivity contribution in [3.63, 3.8) is 0 Å². The molecule has 1 heterocycles. The maximum atomic E-state index is 11.0. The largest absolute Gasteiger partial charge is 0.486 e. The highest BCUT2D eigenvalue weighted by Crippen LogP contribution is 2.27. The number of anilines is 1. The van der Waals surface area contributed by atoms with Crippen molar-refractivity contribution in [1.82, 2.24) is 4.98 Å². The Hall–Kier alpha value is -1.95. The van der Waals surface area contributed by atoms with Gasteiger partial charge in [0.15, 0.2) is 5.58 Å². The molecule has 92 valence electrons. The van der Waals surface area contributed by atoms with Crippen LogP contribution in [0, 0.1) is 0 Å². The van der Waals surface area contributed by atoms with Crippen LogP contribution in [0.2, 0.25) is 0 Å². The van der Waals surface area contributed by atoms with E-state index in [1.165, 1.54) is 0 Å². The molecular weight excluding hydrogens is 224 g/mol. The number of benzene rings is 1. The fourth-order valence-corrected chi connectivity index (χ4v) is 1.58. The summed E-state index contributed by atoms with van der Waals surface area (Å²) in [6.45, 7) is 2.32. The lowest BCUT2D eigenvalue weighted by atomic mass is 10.2. The van der Waals surface area contributed by atoms with Crippen LogP contribution in [-0.2, 0) is 4.74 Å². The first-order chi connectivity index (χ1) is 8.10. The zero-order valence-corrected chi connectivity index (χ0v) is 9.65. The first-order valence-electron chi connectivity index (χ1n) is 5.18. The van der Waals surface area contributed by atoms with Crippen LogP contribution in [0.15, 0.2) is 21.3 Å². The van der Waals surface area contributed by atoms with Gasteiger partial charge < -0.3 is 19.6 Å². The van der Waals surface area contributed by atoms with Gasteiger partial charge in [0.2, 0.25) is 0 Å². The summed E-state index contributed by atoms with van der Waals surface area (Å²) >= 11 is 0. The highest BCUT2D eigenvalue weighted by Gasteiger charge is 2.10. The van der Waals surface area contributed by atoms with Gasteiger partial charge in [0.05, 0.1) is 17.8 Å². The van der Waals surface area contributed by atoms with E-state index in [9.17, 15) is 4.79 Å². The Labute approximate surface area is 97.3 Å². The molecule has 0 aliphatic rings. The van der Waals surface area contributed by atoms with Crippen molar-refractivity contribution >= 4 is 16.8 Å². The Morgan fingerprint density at radius 2 is 2.29 bits per heavy atom. The molecule has 0 saturated carbocycles. The molecule has 1 aromatic heterocycles. The summed E-state index contributed by atoms with van der Waals surface area (Å²) in [4.78, 5) is 13.6. The van der Waals surface area contributed by atoms with Crippen molar-refractivity contribution < 1.29 is 13.9 Å². The average Bonchev–Trinajstić information content (AvgIpc) is 2.58. The van der Waals surface area contributed by atoms with Gasteiger partial charge in [-0.2, -0.15) is 0 Å². The van der Waals surface area contributed by atoms with Crippen molar-refractivity contribution in [3.05, 3.63) is 22.7 Å². The number of nitrogens with two attached hydrogens (primary N) is 1. The van der Waals surface area contributed by atoms with Gasteiger partial charge in [-0.3, -0.25) is 4.98 Å². The van der Waals surface area contributed by atoms with Crippen LogP contribution >= 0.6 is 0 Å². The second-order valence-corrected chi connectivity index (χ2v) is 3.78. The Bertz CT molecular complexity index is 572.